The Morgan fingerprint density at radius 1 is 1.32 bits per heavy atom. The number of aryl methyl sites for hydroxylation is 2. The summed E-state index contributed by atoms with van der Waals surface area (Å²) in [5.41, 5.74) is 1.33. The van der Waals surface area contributed by atoms with E-state index in [0.29, 0.717) is 6.61 Å². The molecule has 0 radical (unpaired) electrons. The molecule has 0 bridgehead atoms. The third kappa shape index (κ3) is 2.89. The summed E-state index contributed by atoms with van der Waals surface area (Å²) in [6.07, 6.45) is 3.41. The molecule has 0 saturated carbocycles. The molecule has 0 amide bonds. The average Bonchev–Trinajstić information content (AvgIpc) is 2.88. The topological polar surface area (TPSA) is 34.1 Å². The van der Waals surface area contributed by atoms with Crippen molar-refractivity contribution in [2.24, 2.45) is 0 Å². The molecule has 0 spiro atoms. The van der Waals surface area contributed by atoms with E-state index in [1.807, 2.05) is 12.1 Å². The molecular weight excluding hydrogens is 256 g/mol. The molecule has 1 N–H and O–H groups in total. The monoisotopic (exact) mass is 274 g/mol. The van der Waals surface area contributed by atoms with Gasteiger partial charge in [0.1, 0.15) is 23.2 Å². The molecule has 19 heavy (non-hydrogen) atoms. The number of rotatable bonds is 4. The maximum atomic E-state index is 5.79. The minimum Gasteiger partial charge on any atom is -0.486 e. The number of anilines is 1. The Morgan fingerprint density at radius 2 is 2.16 bits per heavy atom. The number of ether oxygens (including phenoxy) is 1. The van der Waals surface area contributed by atoms with E-state index in [2.05, 4.69) is 29.4 Å². The maximum Gasteiger partial charge on any atom is 0.140 e. The molecular formula is C15H18N2OS. The van der Waals surface area contributed by atoms with Crippen molar-refractivity contribution < 1.29 is 4.74 Å². The highest BCUT2D eigenvalue weighted by Crippen LogP contribution is 2.28. The fourth-order valence-electron chi connectivity index (χ4n) is 2.19. The zero-order valence-electron chi connectivity index (χ0n) is 11.1. The first kappa shape index (κ1) is 12.5. The molecule has 1 aromatic carbocycles. The van der Waals surface area contributed by atoms with E-state index in [-0.39, 0.29) is 0 Å². The van der Waals surface area contributed by atoms with Gasteiger partial charge in [-0.25, -0.2) is 4.98 Å². The van der Waals surface area contributed by atoms with Crippen molar-refractivity contribution in [2.45, 2.75) is 32.8 Å². The molecule has 0 aliphatic carbocycles. The van der Waals surface area contributed by atoms with E-state index < -0.39 is 0 Å². The van der Waals surface area contributed by atoms with Gasteiger partial charge in [0.05, 0.1) is 0 Å². The molecule has 2 aromatic rings. The van der Waals surface area contributed by atoms with Crippen LogP contribution in [-0.2, 0) is 19.4 Å². The Morgan fingerprint density at radius 3 is 2.89 bits per heavy atom. The lowest BCUT2D eigenvalue weighted by Gasteiger charge is -2.10. The summed E-state index contributed by atoms with van der Waals surface area (Å²) >= 11 is 1.76. The van der Waals surface area contributed by atoms with Crippen molar-refractivity contribution in [3.63, 3.8) is 0 Å². The molecule has 1 aliphatic rings. The van der Waals surface area contributed by atoms with Gasteiger partial charge in [-0.3, -0.25) is 0 Å². The number of aromatic nitrogens is 1. The van der Waals surface area contributed by atoms with Gasteiger partial charge >= 0.3 is 0 Å². The normalized spacial score (nSPS) is 13.7. The van der Waals surface area contributed by atoms with Crippen molar-refractivity contribution in [3.05, 3.63) is 39.7 Å². The van der Waals surface area contributed by atoms with E-state index >= 15 is 0 Å². The summed E-state index contributed by atoms with van der Waals surface area (Å²) in [6, 6.07) is 8.29. The highest BCUT2D eigenvalue weighted by molar-refractivity contribution is 7.12. The predicted octanol–water partition coefficient (Wildman–Crippen LogP) is 3.64. The molecule has 0 fully saturated rings. The number of hydrogen-bond donors (Lipinski definition) is 1. The van der Waals surface area contributed by atoms with Crippen molar-refractivity contribution in [1.29, 1.82) is 0 Å². The van der Waals surface area contributed by atoms with Crippen molar-refractivity contribution in [1.82, 2.24) is 4.98 Å². The van der Waals surface area contributed by atoms with Gasteiger partial charge in [0, 0.05) is 11.4 Å². The molecule has 0 saturated heterocycles. The lowest BCUT2D eigenvalue weighted by Crippen LogP contribution is -2.09. The zero-order valence-corrected chi connectivity index (χ0v) is 11.9. The van der Waals surface area contributed by atoms with Crippen LogP contribution in [0.4, 0.5) is 5.82 Å². The smallest absolute Gasteiger partial charge is 0.140 e. The molecule has 1 aromatic heterocycles. The number of fused-ring (bicyclic) bond motifs is 1. The first-order chi connectivity index (χ1) is 9.35. The first-order valence-electron chi connectivity index (χ1n) is 6.79. The summed E-state index contributed by atoms with van der Waals surface area (Å²) in [7, 11) is 0. The lowest BCUT2D eigenvalue weighted by molar-refractivity contribution is 0.305. The third-order valence-corrected chi connectivity index (χ3v) is 4.40. The Balaban J connectivity index is 1.63. The van der Waals surface area contributed by atoms with E-state index in [4.69, 9.17) is 4.74 Å². The van der Waals surface area contributed by atoms with E-state index in [9.17, 15) is 0 Å². The van der Waals surface area contributed by atoms with Crippen LogP contribution in [0.15, 0.2) is 24.3 Å². The Labute approximate surface area is 117 Å². The largest absolute Gasteiger partial charge is 0.486 e. The predicted molar refractivity (Wildman–Crippen MR) is 79.1 cm³/mol. The van der Waals surface area contributed by atoms with Crippen molar-refractivity contribution >= 4 is 17.2 Å². The first-order valence-corrected chi connectivity index (χ1v) is 7.61. The van der Waals surface area contributed by atoms with Gasteiger partial charge < -0.3 is 10.1 Å². The SMILES string of the molecule is CCc1ccc(OCc2nc3c(s2)CCCN3)cc1. The second kappa shape index (κ2) is 5.61. The quantitative estimate of drug-likeness (QED) is 0.924. The molecule has 4 heteroatoms. The zero-order chi connectivity index (χ0) is 13.1. The van der Waals surface area contributed by atoms with Crippen molar-refractivity contribution in [3.8, 4) is 5.75 Å². The number of thiazole rings is 1. The van der Waals surface area contributed by atoms with Gasteiger partial charge in [-0.1, -0.05) is 19.1 Å². The van der Waals surface area contributed by atoms with Crippen LogP contribution in [0.25, 0.3) is 0 Å². The van der Waals surface area contributed by atoms with Gasteiger partial charge in [-0.2, -0.15) is 0 Å². The fraction of sp³-hybridized carbons (Fsp3) is 0.400. The third-order valence-electron chi connectivity index (χ3n) is 3.31. The minimum atomic E-state index is 0.560. The summed E-state index contributed by atoms with van der Waals surface area (Å²) in [5.74, 6) is 1.98. The van der Waals surface area contributed by atoms with Crippen LogP contribution in [0, 0.1) is 0 Å². The van der Waals surface area contributed by atoms with Crippen LogP contribution in [0.1, 0.15) is 28.8 Å². The Hall–Kier alpha value is -1.55. The lowest BCUT2D eigenvalue weighted by atomic mass is 10.2. The van der Waals surface area contributed by atoms with Crippen LogP contribution >= 0.6 is 11.3 Å². The highest BCUT2D eigenvalue weighted by atomic mass is 32.1. The molecule has 0 atom stereocenters. The number of nitrogens with one attached hydrogen (secondary N) is 1. The number of nitrogens with zero attached hydrogens (tertiary/aromatic N) is 1. The summed E-state index contributed by atoms with van der Waals surface area (Å²) in [6.45, 7) is 3.75. The van der Waals surface area contributed by atoms with Crippen LogP contribution < -0.4 is 10.1 Å². The Kier molecular flexibility index (Phi) is 3.69. The summed E-state index contributed by atoms with van der Waals surface area (Å²) < 4.78 is 5.79. The van der Waals surface area contributed by atoms with Gasteiger partial charge in [0.2, 0.25) is 0 Å². The van der Waals surface area contributed by atoms with Crippen LogP contribution in [0.2, 0.25) is 0 Å². The average molecular weight is 274 g/mol. The maximum absolute atomic E-state index is 5.79. The molecule has 3 nitrogen and oxygen atoms in total. The van der Waals surface area contributed by atoms with Gasteiger partial charge in [-0.05, 0) is 37.0 Å². The highest BCUT2D eigenvalue weighted by Gasteiger charge is 2.14. The van der Waals surface area contributed by atoms with Crippen LogP contribution in [-0.4, -0.2) is 11.5 Å². The minimum absolute atomic E-state index is 0.560. The van der Waals surface area contributed by atoms with E-state index in [1.165, 1.54) is 16.9 Å². The molecule has 2 heterocycles. The second-order valence-electron chi connectivity index (χ2n) is 4.70. The van der Waals surface area contributed by atoms with Crippen molar-refractivity contribution in [2.75, 3.05) is 11.9 Å². The van der Waals surface area contributed by atoms with E-state index in [0.717, 1.165) is 36.0 Å². The molecule has 100 valence electrons. The second-order valence-corrected chi connectivity index (χ2v) is 5.86. The van der Waals surface area contributed by atoms with Gasteiger partial charge in [0.15, 0.2) is 0 Å². The van der Waals surface area contributed by atoms with Gasteiger partial charge in [0.25, 0.3) is 0 Å². The summed E-state index contributed by atoms with van der Waals surface area (Å²) in [5, 5.41) is 4.39. The van der Waals surface area contributed by atoms with Gasteiger partial charge in [-0.15, -0.1) is 11.3 Å². The van der Waals surface area contributed by atoms with Crippen LogP contribution in [0.5, 0.6) is 5.75 Å². The Bertz CT molecular complexity index is 524. The van der Waals surface area contributed by atoms with Crippen LogP contribution in [0.3, 0.4) is 0 Å². The number of benzene rings is 1. The van der Waals surface area contributed by atoms with E-state index in [1.54, 1.807) is 11.3 Å². The number of hydrogen-bond acceptors (Lipinski definition) is 4. The molecule has 1 aliphatic heterocycles. The molecule has 3 rings (SSSR count). The molecule has 0 unspecified atom stereocenters. The fourth-order valence-corrected chi connectivity index (χ4v) is 3.19. The standard InChI is InChI=1S/C15H18N2OS/c1-2-11-5-7-12(8-6-11)18-10-14-17-15-13(19-14)4-3-9-16-15/h5-8,16H,2-4,9-10H2,1H3. The summed E-state index contributed by atoms with van der Waals surface area (Å²) in [4.78, 5) is 5.95.